The number of sulfonamides is 1. The van der Waals surface area contributed by atoms with Crippen LogP contribution < -0.4 is 9.62 Å². The fourth-order valence-electron chi connectivity index (χ4n) is 2.86. The van der Waals surface area contributed by atoms with Crippen molar-refractivity contribution in [3.05, 3.63) is 24.3 Å². The summed E-state index contributed by atoms with van der Waals surface area (Å²) in [6.07, 6.45) is 5.20. The number of carbonyl (C=O) groups is 2. The summed E-state index contributed by atoms with van der Waals surface area (Å²) in [5.74, 6) is -0.387. The highest BCUT2D eigenvalue weighted by Gasteiger charge is 2.24. The summed E-state index contributed by atoms with van der Waals surface area (Å²) in [5.41, 5.74) is 0.975. The molecule has 1 saturated heterocycles. The van der Waals surface area contributed by atoms with Crippen molar-refractivity contribution in [2.75, 3.05) is 35.5 Å². The van der Waals surface area contributed by atoms with E-state index in [1.54, 1.807) is 29.2 Å². The fourth-order valence-corrected chi connectivity index (χ4v) is 3.71. The number of amides is 2. The Bertz CT molecular complexity index is 708. The Morgan fingerprint density at radius 2 is 1.64 bits per heavy atom. The molecule has 1 aromatic carbocycles. The lowest BCUT2D eigenvalue weighted by molar-refractivity contribution is -0.129. The van der Waals surface area contributed by atoms with E-state index in [1.807, 2.05) is 0 Å². The van der Waals surface area contributed by atoms with Crippen LogP contribution in [-0.2, 0) is 19.6 Å². The lowest BCUT2D eigenvalue weighted by atomic mass is 10.2. The van der Waals surface area contributed by atoms with Gasteiger partial charge in [0.05, 0.1) is 11.9 Å². The van der Waals surface area contributed by atoms with Gasteiger partial charge in [-0.3, -0.25) is 13.9 Å². The Morgan fingerprint density at radius 1 is 1.08 bits per heavy atom. The van der Waals surface area contributed by atoms with Crippen molar-refractivity contribution < 1.29 is 18.0 Å². The molecule has 1 fully saturated rings. The molecule has 1 aliphatic rings. The number of likely N-dealkylation sites (tertiary alicyclic amines) is 1. The first kappa shape index (κ1) is 19.2. The Morgan fingerprint density at radius 3 is 2.12 bits per heavy atom. The molecule has 2 amide bonds. The second-order valence-electron chi connectivity index (χ2n) is 6.29. The maximum atomic E-state index is 12.6. The maximum absolute atomic E-state index is 12.6. The Labute approximate surface area is 149 Å². The van der Waals surface area contributed by atoms with Gasteiger partial charge < -0.3 is 10.2 Å². The van der Waals surface area contributed by atoms with Gasteiger partial charge in [0, 0.05) is 25.7 Å². The summed E-state index contributed by atoms with van der Waals surface area (Å²) in [6.45, 7) is 2.55. The molecular formula is C17H25N3O4S. The van der Waals surface area contributed by atoms with E-state index >= 15 is 0 Å². The number of rotatable bonds is 5. The number of nitrogens with one attached hydrogen (secondary N) is 1. The summed E-state index contributed by atoms with van der Waals surface area (Å²) in [4.78, 5) is 25.4. The van der Waals surface area contributed by atoms with Gasteiger partial charge in [0.1, 0.15) is 6.54 Å². The van der Waals surface area contributed by atoms with Crippen LogP contribution in [-0.4, -0.2) is 51.0 Å². The number of carbonyl (C=O) groups excluding carboxylic acids is 2. The summed E-state index contributed by atoms with van der Waals surface area (Å²) in [5, 5.41) is 2.63. The molecule has 0 bridgehead atoms. The van der Waals surface area contributed by atoms with E-state index in [9.17, 15) is 18.0 Å². The smallest absolute Gasteiger partial charge is 0.243 e. The molecule has 0 unspecified atom stereocenters. The zero-order chi connectivity index (χ0) is 18.4. The average Bonchev–Trinajstić information content (AvgIpc) is 2.81. The highest BCUT2D eigenvalue weighted by molar-refractivity contribution is 7.92. The molecule has 138 valence electrons. The van der Waals surface area contributed by atoms with Crippen LogP contribution in [0.3, 0.4) is 0 Å². The van der Waals surface area contributed by atoms with Gasteiger partial charge in [-0.15, -0.1) is 0 Å². The van der Waals surface area contributed by atoms with Gasteiger partial charge >= 0.3 is 0 Å². The minimum atomic E-state index is -3.60. The van der Waals surface area contributed by atoms with Crippen LogP contribution >= 0.6 is 0 Å². The Balaban J connectivity index is 2.16. The largest absolute Gasteiger partial charge is 0.341 e. The van der Waals surface area contributed by atoms with E-state index < -0.39 is 10.0 Å². The zero-order valence-electron chi connectivity index (χ0n) is 14.7. The van der Waals surface area contributed by atoms with Crippen LogP contribution in [0.1, 0.15) is 32.6 Å². The summed E-state index contributed by atoms with van der Waals surface area (Å²) in [6, 6.07) is 6.40. The van der Waals surface area contributed by atoms with E-state index in [4.69, 9.17) is 0 Å². The molecule has 1 heterocycles. The topological polar surface area (TPSA) is 86.8 Å². The van der Waals surface area contributed by atoms with Gasteiger partial charge in [-0.1, -0.05) is 12.8 Å². The lowest BCUT2D eigenvalue weighted by Gasteiger charge is -2.26. The predicted octanol–water partition coefficient (Wildman–Crippen LogP) is 1.81. The molecule has 1 aliphatic heterocycles. The summed E-state index contributed by atoms with van der Waals surface area (Å²) < 4.78 is 25.4. The van der Waals surface area contributed by atoms with Gasteiger partial charge in [-0.05, 0) is 37.1 Å². The van der Waals surface area contributed by atoms with Crippen molar-refractivity contribution in [2.24, 2.45) is 0 Å². The molecule has 0 atom stereocenters. The van der Waals surface area contributed by atoms with Crippen molar-refractivity contribution in [3.8, 4) is 0 Å². The second-order valence-corrected chi connectivity index (χ2v) is 8.20. The normalized spacial score (nSPS) is 15.4. The van der Waals surface area contributed by atoms with Crippen molar-refractivity contribution >= 4 is 33.2 Å². The first-order valence-corrected chi connectivity index (χ1v) is 10.3. The van der Waals surface area contributed by atoms with E-state index in [0.29, 0.717) is 24.5 Å². The number of anilines is 2. The molecule has 0 spiro atoms. The molecule has 8 heteroatoms. The van der Waals surface area contributed by atoms with Crippen LogP contribution in [0.2, 0.25) is 0 Å². The third-order valence-electron chi connectivity index (χ3n) is 4.11. The highest BCUT2D eigenvalue weighted by atomic mass is 32.2. The molecular weight excluding hydrogens is 342 g/mol. The number of benzene rings is 1. The van der Waals surface area contributed by atoms with Crippen molar-refractivity contribution in [3.63, 3.8) is 0 Å². The van der Waals surface area contributed by atoms with Gasteiger partial charge in [0.2, 0.25) is 21.8 Å². The standard InChI is InChI=1S/C17H25N3O4S/c1-14(21)18-15-7-9-16(10-8-15)20(25(2,23)24)13-17(22)19-11-5-3-4-6-12-19/h7-10H,3-6,11-13H2,1-2H3,(H,18,21). The Hall–Kier alpha value is -2.09. The molecule has 2 rings (SSSR count). The van der Waals surface area contributed by atoms with Gasteiger partial charge in [-0.2, -0.15) is 0 Å². The van der Waals surface area contributed by atoms with E-state index in [-0.39, 0.29) is 18.4 Å². The van der Waals surface area contributed by atoms with Crippen LogP contribution in [0.5, 0.6) is 0 Å². The maximum Gasteiger partial charge on any atom is 0.243 e. The first-order valence-electron chi connectivity index (χ1n) is 8.40. The lowest BCUT2D eigenvalue weighted by Crippen LogP contribution is -2.43. The van der Waals surface area contributed by atoms with Gasteiger partial charge in [0.15, 0.2) is 0 Å². The molecule has 0 radical (unpaired) electrons. The first-order chi connectivity index (χ1) is 11.8. The van der Waals surface area contributed by atoms with E-state index in [1.165, 1.54) is 6.92 Å². The van der Waals surface area contributed by atoms with Crippen LogP contribution in [0.25, 0.3) is 0 Å². The van der Waals surface area contributed by atoms with Crippen LogP contribution in [0.15, 0.2) is 24.3 Å². The molecule has 25 heavy (non-hydrogen) atoms. The van der Waals surface area contributed by atoms with E-state index in [0.717, 1.165) is 36.2 Å². The summed E-state index contributed by atoms with van der Waals surface area (Å²) in [7, 11) is -3.60. The molecule has 0 aliphatic carbocycles. The monoisotopic (exact) mass is 367 g/mol. The Kier molecular flexibility index (Phi) is 6.41. The van der Waals surface area contributed by atoms with E-state index in [2.05, 4.69) is 5.32 Å². The second kappa shape index (κ2) is 8.33. The predicted molar refractivity (Wildman–Crippen MR) is 98.0 cm³/mol. The van der Waals surface area contributed by atoms with Crippen molar-refractivity contribution in [1.29, 1.82) is 0 Å². The van der Waals surface area contributed by atoms with Crippen LogP contribution in [0.4, 0.5) is 11.4 Å². The minimum Gasteiger partial charge on any atom is -0.341 e. The van der Waals surface area contributed by atoms with Gasteiger partial charge in [0.25, 0.3) is 0 Å². The summed E-state index contributed by atoms with van der Waals surface area (Å²) >= 11 is 0. The minimum absolute atomic E-state index is 0.182. The fraction of sp³-hybridized carbons (Fsp3) is 0.529. The zero-order valence-corrected chi connectivity index (χ0v) is 15.5. The molecule has 1 aromatic rings. The number of nitrogens with zero attached hydrogens (tertiary/aromatic N) is 2. The molecule has 7 nitrogen and oxygen atoms in total. The van der Waals surface area contributed by atoms with Crippen molar-refractivity contribution in [2.45, 2.75) is 32.6 Å². The van der Waals surface area contributed by atoms with Crippen LogP contribution in [0, 0.1) is 0 Å². The quantitative estimate of drug-likeness (QED) is 0.860. The average molecular weight is 367 g/mol. The number of hydrogen-bond acceptors (Lipinski definition) is 4. The number of hydrogen-bond donors (Lipinski definition) is 1. The van der Waals surface area contributed by atoms with Gasteiger partial charge in [-0.25, -0.2) is 8.42 Å². The molecule has 1 N–H and O–H groups in total. The molecule has 0 aromatic heterocycles. The van der Waals surface area contributed by atoms with Crippen molar-refractivity contribution in [1.82, 2.24) is 4.90 Å². The third-order valence-corrected chi connectivity index (χ3v) is 5.25. The third kappa shape index (κ3) is 5.74. The molecule has 0 saturated carbocycles. The SMILES string of the molecule is CC(=O)Nc1ccc(N(CC(=O)N2CCCCCC2)S(C)(=O)=O)cc1. The highest BCUT2D eigenvalue weighted by Crippen LogP contribution is 2.21.